The minimum atomic E-state index is -0.320. The van der Waals surface area contributed by atoms with Crippen molar-refractivity contribution in [3.8, 4) is 11.1 Å². The second-order valence-electron chi connectivity index (χ2n) is 5.70. The standard InChI is InChI=1S/C18H14FN5OS/c19-14-3-1-2-11(6-14)8-21-17(25)15-7-13(10-26-15)12-4-5-16-22-18(20)23-24(16)9-12/h1-7,9-10H,8H2,(H2,20,23)(H,21,25). The van der Waals surface area contributed by atoms with Crippen LogP contribution in [-0.2, 0) is 6.54 Å². The Labute approximate surface area is 152 Å². The monoisotopic (exact) mass is 367 g/mol. The first kappa shape index (κ1) is 16.2. The SMILES string of the molecule is Nc1nc2ccc(-c3csc(C(=O)NCc4cccc(F)c4)c3)cn2n1. The summed E-state index contributed by atoms with van der Waals surface area (Å²) in [7, 11) is 0. The first-order valence-corrected chi connectivity index (χ1v) is 8.70. The molecule has 0 fully saturated rings. The van der Waals surface area contributed by atoms with Crippen molar-refractivity contribution >= 4 is 28.8 Å². The first-order chi connectivity index (χ1) is 12.6. The molecule has 4 rings (SSSR count). The van der Waals surface area contributed by atoms with Crippen LogP contribution in [0.25, 0.3) is 16.8 Å². The number of nitrogens with one attached hydrogen (secondary N) is 1. The molecule has 0 saturated heterocycles. The van der Waals surface area contributed by atoms with Crippen molar-refractivity contribution in [3.63, 3.8) is 0 Å². The molecule has 8 heteroatoms. The average molecular weight is 367 g/mol. The van der Waals surface area contributed by atoms with Gasteiger partial charge in [0.05, 0.1) is 4.88 Å². The number of carbonyl (C=O) groups is 1. The third-order valence-electron chi connectivity index (χ3n) is 3.85. The summed E-state index contributed by atoms with van der Waals surface area (Å²) in [5.74, 6) is -0.305. The molecule has 0 aliphatic heterocycles. The summed E-state index contributed by atoms with van der Waals surface area (Å²) < 4.78 is 14.8. The Hall–Kier alpha value is -3.26. The Morgan fingerprint density at radius 2 is 2.12 bits per heavy atom. The number of hydrogen-bond acceptors (Lipinski definition) is 5. The van der Waals surface area contributed by atoms with Crippen LogP contribution in [0, 0.1) is 5.82 Å². The number of pyridine rings is 1. The molecule has 26 heavy (non-hydrogen) atoms. The third-order valence-corrected chi connectivity index (χ3v) is 4.77. The number of anilines is 1. The summed E-state index contributed by atoms with van der Waals surface area (Å²) in [6.45, 7) is 0.272. The average Bonchev–Trinajstić information content (AvgIpc) is 3.24. The highest BCUT2D eigenvalue weighted by atomic mass is 32.1. The van der Waals surface area contributed by atoms with E-state index < -0.39 is 0 Å². The van der Waals surface area contributed by atoms with Crippen LogP contribution in [0.5, 0.6) is 0 Å². The topological polar surface area (TPSA) is 85.3 Å². The molecule has 1 amide bonds. The van der Waals surface area contributed by atoms with Crippen molar-refractivity contribution in [2.45, 2.75) is 6.54 Å². The number of benzene rings is 1. The third kappa shape index (κ3) is 3.27. The van der Waals surface area contributed by atoms with Crippen molar-refractivity contribution in [2.75, 3.05) is 5.73 Å². The van der Waals surface area contributed by atoms with E-state index in [-0.39, 0.29) is 24.2 Å². The molecule has 3 heterocycles. The van der Waals surface area contributed by atoms with E-state index in [0.717, 1.165) is 11.1 Å². The molecule has 0 aliphatic carbocycles. The normalized spacial score (nSPS) is 11.0. The summed E-state index contributed by atoms with van der Waals surface area (Å²) in [4.78, 5) is 17.0. The van der Waals surface area contributed by atoms with Gasteiger partial charge in [-0.2, -0.15) is 4.98 Å². The molecule has 0 spiro atoms. The maximum absolute atomic E-state index is 13.2. The number of hydrogen-bond donors (Lipinski definition) is 2. The van der Waals surface area contributed by atoms with Gasteiger partial charge in [-0.15, -0.1) is 16.4 Å². The van der Waals surface area contributed by atoms with Gasteiger partial charge in [-0.25, -0.2) is 8.91 Å². The fraction of sp³-hybridized carbons (Fsp3) is 0.0556. The first-order valence-electron chi connectivity index (χ1n) is 7.82. The summed E-state index contributed by atoms with van der Waals surface area (Å²) >= 11 is 1.35. The quantitative estimate of drug-likeness (QED) is 0.580. The Morgan fingerprint density at radius 1 is 1.23 bits per heavy atom. The lowest BCUT2D eigenvalue weighted by atomic mass is 10.1. The molecule has 0 atom stereocenters. The van der Waals surface area contributed by atoms with Gasteiger partial charge in [0.15, 0.2) is 5.65 Å². The number of nitrogen functional groups attached to an aromatic ring is 1. The number of nitrogens with two attached hydrogens (primary N) is 1. The molecule has 0 saturated carbocycles. The van der Waals surface area contributed by atoms with Crippen LogP contribution in [0.4, 0.5) is 10.3 Å². The molecule has 0 bridgehead atoms. The van der Waals surface area contributed by atoms with Gasteiger partial charge in [0.25, 0.3) is 5.91 Å². The lowest BCUT2D eigenvalue weighted by molar-refractivity contribution is 0.0955. The molecule has 0 unspecified atom stereocenters. The second-order valence-corrected chi connectivity index (χ2v) is 6.61. The van der Waals surface area contributed by atoms with E-state index in [2.05, 4.69) is 15.4 Å². The maximum atomic E-state index is 13.2. The van der Waals surface area contributed by atoms with Gasteiger partial charge in [0, 0.05) is 18.3 Å². The second kappa shape index (κ2) is 6.57. The lowest BCUT2D eigenvalue weighted by Crippen LogP contribution is -2.21. The number of nitrogens with zero attached hydrogens (tertiary/aromatic N) is 3. The van der Waals surface area contributed by atoms with E-state index in [0.29, 0.717) is 16.1 Å². The highest BCUT2D eigenvalue weighted by Gasteiger charge is 2.11. The maximum Gasteiger partial charge on any atom is 0.261 e. The van der Waals surface area contributed by atoms with Crippen molar-refractivity contribution in [2.24, 2.45) is 0 Å². The van der Waals surface area contributed by atoms with Crippen LogP contribution >= 0.6 is 11.3 Å². The number of thiophene rings is 1. The molecule has 3 N–H and O–H groups in total. The van der Waals surface area contributed by atoms with Crippen LogP contribution in [-0.4, -0.2) is 20.5 Å². The Balaban J connectivity index is 1.50. The number of aromatic nitrogens is 3. The highest BCUT2D eigenvalue weighted by Crippen LogP contribution is 2.26. The van der Waals surface area contributed by atoms with Crippen molar-refractivity contribution < 1.29 is 9.18 Å². The van der Waals surface area contributed by atoms with Gasteiger partial charge < -0.3 is 11.1 Å². The molecular formula is C18H14FN5OS. The van der Waals surface area contributed by atoms with Gasteiger partial charge in [-0.3, -0.25) is 4.79 Å². The molecule has 0 radical (unpaired) electrons. The van der Waals surface area contributed by atoms with Gasteiger partial charge in [-0.05, 0) is 46.8 Å². The molecule has 1 aromatic carbocycles. The number of rotatable bonds is 4. The molecule has 3 aromatic heterocycles. The lowest BCUT2D eigenvalue weighted by Gasteiger charge is -2.03. The Bertz CT molecular complexity index is 1100. The zero-order valence-electron chi connectivity index (χ0n) is 13.5. The molecule has 4 aromatic rings. The molecule has 130 valence electrons. The van der Waals surface area contributed by atoms with E-state index in [1.165, 1.54) is 23.5 Å². The van der Waals surface area contributed by atoms with Gasteiger partial charge in [0.1, 0.15) is 5.82 Å². The Kier molecular flexibility index (Phi) is 4.10. The summed E-state index contributed by atoms with van der Waals surface area (Å²) in [5, 5.41) is 8.79. The van der Waals surface area contributed by atoms with Crippen LogP contribution < -0.4 is 11.1 Å². The number of amides is 1. The Morgan fingerprint density at radius 3 is 2.96 bits per heavy atom. The van der Waals surface area contributed by atoms with Gasteiger partial charge in [0.2, 0.25) is 5.95 Å². The van der Waals surface area contributed by atoms with Crippen LogP contribution in [0.1, 0.15) is 15.2 Å². The molecule has 6 nitrogen and oxygen atoms in total. The summed E-state index contributed by atoms with van der Waals surface area (Å²) in [6, 6.07) is 11.7. The van der Waals surface area contributed by atoms with Crippen molar-refractivity contribution in [1.82, 2.24) is 19.9 Å². The van der Waals surface area contributed by atoms with Crippen molar-refractivity contribution in [3.05, 3.63) is 70.3 Å². The minimum absolute atomic E-state index is 0.198. The van der Waals surface area contributed by atoms with Crippen LogP contribution in [0.3, 0.4) is 0 Å². The minimum Gasteiger partial charge on any atom is -0.366 e. The largest absolute Gasteiger partial charge is 0.366 e. The molecule has 0 aliphatic rings. The number of carbonyl (C=O) groups excluding carboxylic acids is 1. The summed E-state index contributed by atoms with van der Waals surface area (Å²) in [6.07, 6.45) is 1.81. The number of halogens is 1. The van der Waals surface area contributed by atoms with Crippen LogP contribution in [0.2, 0.25) is 0 Å². The van der Waals surface area contributed by atoms with Gasteiger partial charge >= 0.3 is 0 Å². The predicted octanol–water partition coefficient (Wildman–Crippen LogP) is 3.11. The van der Waals surface area contributed by atoms with E-state index in [9.17, 15) is 9.18 Å². The van der Waals surface area contributed by atoms with E-state index in [1.54, 1.807) is 16.6 Å². The predicted molar refractivity (Wildman–Crippen MR) is 98.3 cm³/mol. The zero-order valence-corrected chi connectivity index (χ0v) is 14.3. The van der Waals surface area contributed by atoms with Crippen molar-refractivity contribution in [1.29, 1.82) is 0 Å². The fourth-order valence-corrected chi connectivity index (χ4v) is 3.43. The number of fused-ring (bicyclic) bond motifs is 1. The van der Waals surface area contributed by atoms with Gasteiger partial charge in [-0.1, -0.05) is 12.1 Å². The molecular weight excluding hydrogens is 353 g/mol. The fourth-order valence-electron chi connectivity index (χ4n) is 2.59. The van der Waals surface area contributed by atoms with E-state index >= 15 is 0 Å². The smallest absolute Gasteiger partial charge is 0.261 e. The zero-order chi connectivity index (χ0) is 18.1. The van der Waals surface area contributed by atoms with E-state index in [1.807, 2.05) is 29.8 Å². The summed E-state index contributed by atoms with van der Waals surface area (Å²) in [5.41, 5.74) is 8.78. The van der Waals surface area contributed by atoms with Crippen LogP contribution in [0.15, 0.2) is 54.0 Å². The highest BCUT2D eigenvalue weighted by molar-refractivity contribution is 7.12. The van der Waals surface area contributed by atoms with E-state index in [4.69, 9.17) is 5.73 Å².